The summed E-state index contributed by atoms with van der Waals surface area (Å²) >= 11 is 1.71. The highest BCUT2D eigenvalue weighted by Gasteiger charge is 2.20. The van der Waals surface area contributed by atoms with Crippen LogP contribution in [0.15, 0.2) is 34.6 Å². The summed E-state index contributed by atoms with van der Waals surface area (Å²) in [5, 5.41) is 6.71. The van der Waals surface area contributed by atoms with Gasteiger partial charge in [0.15, 0.2) is 5.96 Å². The Morgan fingerprint density at radius 2 is 1.89 bits per heavy atom. The smallest absolute Gasteiger partial charge is 0.194 e. The molecule has 0 saturated carbocycles. The van der Waals surface area contributed by atoms with Gasteiger partial charge < -0.3 is 15.1 Å². The number of thiazole rings is 1. The maximum absolute atomic E-state index is 13.1. The monoisotopic (exact) mass is 503 g/mol. The van der Waals surface area contributed by atoms with Crippen molar-refractivity contribution >= 4 is 47.0 Å². The Morgan fingerprint density at radius 1 is 1.22 bits per heavy atom. The molecular weight excluding hydrogens is 476 g/mol. The third-order valence-corrected chi connectivity index (χ3v) is 5.67. The largest absolute Gasteiger partial charge is 0.368 e. The molecule has 3 rings (SSSR count). The van der Waals surface area contributed by atoms with E-state index < -0.39 is 0 Å². The maximum Gasteiger partial charge on any atom is 0.194 e. The second-order valence-electron chi connectivity index (χ2n) is 6.68. The summed E-state index contributed by atoms with van der Waals surface area (Å²) in [5.41, 5.74) is 2.13. The fraction of sp³-hybridized carbons (Fsp3) is 0.474. The first kappa shape index (κ1) is 21.9. The fourth-order valence-electron chi connectivity index (χ4n) is 3.00. The molecule has 0 atom stereocenters. The molecule has 1 N–H and O–H groups in total. The van der Waals surface area contributed by atoms with E-state index in [-0.39, 0.29) is 29.8 Å². The van der Waals surface area contributed by atoms with Gasteiger partial charge in [-0.15, -0.1) is 35.3 Å². The van der Waals surface area contributed by atoms with Gasteiger partial charge >= 0.3 is 0 Å². The van der Waals surface area contributed by atoms with Crippen LogP contribution in [0.3, 0.4) is 0 Å². The topological polar surface area (TPSA) is 43.8 Å². The Balaban J connectivity index is 0.00000261. The van der Waals surface area contributed by atoms with Crippen molar-refractivity contribution in [3.05, 3.63) is 46.2 Å². The Hall–Kier alpha value is -1.42. The van der Waals surface area contributed by atoms with Crippen LogP contribution >= 0.6 is 35.3 Å². The zero-order chi connectivity index (χ0) is 18.5. The highest BCUT2D eigenvalue weighted by atomic mass is 127. The summed E-state index contributed by atoms with van der Waals surface area (Å²) in [6.45, 7) is 8.55. The number of anilines is 1. The van der Waals surface area contributed by atoms with Crippen molar-refractivity contribution in [1.82, 2.24) is 15.2 Å². The highest BCUT2D eigenvalue weighted by Crippen LogP contribution is 2.19. The molecule has 8 heteroatoms. The number of rotatable bonds is 4. The van der Waals surface area contributed by atoms with Crippen molar-refractivity contribution in [2.75, 3.05) is 38.1 Å². The highest BCUT2D eigenvalue weighted by molar-refractivity contribution is 14.0. The van der Waals surface area contributed by atoms with Crippen molar-refractivity contribution in [1.29, 1.82) is 0 Å². The quantitative estimate of drug-likeness (QED) is 0.391. The number of nitrogens with one attached hydrogen (secondary N) is 1. The van der Waals surface area contributed by atoms with Gasteiger partial charge in [-0.05, 0) is 24.3 Å². The average molecular weight is 503 g/mol. The lowest BCUT2D eigenvalue weighted by atomic mass is 10.2. The molecule has 1 aliphatic heterocycles. The van der Waals surface area contributed by atoms with E-state index in [1.165, 1.54) is 17.1 Å². The number of aliphatic imine (C=N–C) groups is 1. The molecule has 0 unspecified atom stereocenters. The van der Waals surface area contributed by atoms with E-state index >= 15 is 0 Å². The lowest BCUT2D eigenvalue weighted by Crippen LogP contribution is -2.52. The first-order valence-electron chi connectivity index (χ1n) is 8.97. The molecule has 2 heterocycles. The average Bonchev–Trinajstić information content (AvgIpc) is 3.13. The van der Waals surface area contributed by atoms with E-state index in [1.807, 2.05) is 19.2 Å². The summed E-state index contributed by atoms with van der Waals surface area (Å²) in [4.78, 5) is 13.6. The molecule has 1 saturated heterocycles. The Labute approximate surface area is 181 Å². The summed E-state index contributed by atoms with van der Waals surface area (Å²) in [6.07, 6.45) is 0. The van der Waals surface area contributed by atoms with E-state index in [1.54, 1.807) is 11.3 Å². The molecule has 5 nitrogen and oxygen atoms in total. The number of hydrogen-bond acceptors (Lipinski definition) is 4. The summed E-state index contributed by atoms with van der Waals surface area (Å²) in [7, 11) is 1.81. The van der Waals surface area contributed by atoms with E-state index in [4.69, 9.17) is 0 Å². The molecule has 1 aromatic carbocycles. The first-order chi connectivity index (χ1) is 12.6. The van der Waals surface area contributed by atoms with Gasteiger partial charge in [-0.1, -0.05) is 13.8 Å². The standard InChI is InChI=1S/C19H26FN5S.HI/c1-14(2)18-23-16(13-26-18)12-22-19(21-3)25-10-8-24(9-11-25)17-6-4-15(20)5-7-17;/h4-7,13-14H,8-12H2,1-3H3,(H,21,22);1H. The van der Waals surface area contributed by atoms with Crippen LogP contribution in [0, 0.1) is 5.82 Å². The third-order valence-electron chi connectivity index (χ3n) is 4.47. The molecule has 0 bridgehead atoms. The third kappa shape index (κ3) is 5.78. The molecule has 0 aliphatic carbocycles. The molecule has 1 aromatic heterocycles. The van der Waals surface area contributed by atoms with Crippen LogP contribution in [0.4, 0.5) is 10.1 Å². The minimum absolute atomic E-state index is 0. The molecule has 148 valence electrons. The van der Waals surface area contributed by atoms with Crippen molar-refractivity contribution in [2.24, 2.45) is 4.99 Å². The minimum Gasteiger partial charge on any atom is -0.368 e. The number of piperazine rings is 1. The summed E-state index contributed by atoms with van der Waals surface area (Å²) in [5.74, 6) is 1.18. The SMILES string of the molecule is CN=C(NCc1csc(C(C)C)n1)N1CCN(c2ccc(F)cc2)CC1.I. The van der Waals surface area contributed by atoms with Crippen LogP contribution in [0.5, 0.6) is 0 Å². The van der Waals surface area contributed by atoms with Crippen LogP contribution in [-0.2, 0) is 6.54 Å². The molecule has 27 heavy (non-hydrogen) atoms. The fourth-order valence-corrected chi connectivity index (χ4v) is 3.83. The number of halogens is 2. The Kier molecular flexibility index (Phi) is 8.28. The minimum atomic E-state index is -0.195. The van der Waals surface area contributed by atoms with Gasteiger partial charge in [0.2, 0.25) is 0 Å². The van der Waals surface area contributed by atoms with Crippen molar-refractivity contribution in [3.63, 3.8) is 0 Å². The van der Waals surface area contributed by atoms with Crippen LogP contribution < -0.4 is 10.2 Å². The van der Waals surface area contributed by atoms with Gasteiger partial charge in [-0.25, -0.2) is 9.37 Å². The van der Waals surface area contributed by atoms with E-state index in [0.717, 1.165) is 43.5 Å². The predicted molar refractivity (Wildman–Crippen MR) is 122 cm³/mol. The molecule has 0 spiro atoms. The maximum atomic E-state index is 13.1. The van der Waals surface area contributed by atoms with Crippen molar-refractivity contribution in [2.45, 2.75) is 26.3 Å². The predicted octanol–water partition coefficient (Wildman–Crippen LogP) is 3.92. The van der Waals surface area contributed by atoms with Gasteiger partial charge in [0.1, 0.15) is 5.82 Å². The van der Waals surface area contributed by atoms with Gasteiger partial charge in [-0.2, -0.15) is 0 Å². The number of guanidine groups is 1. The Bertz CT molecular complexity index is 739. The lowest BCUT2D eigenvalue weighted by molar-refractivity contribution is 0.372. The molecule has 1 aliphatic rings. The van der Waals surface area contributed by atoms with Crippen LogP contribution in [-0.4, -0.2) is 49.1 Å². The van der Waals surface area contributed by atoms with Gasteiger partial charge in [-0.3, -0.25) is 4.99 Å². The Morgan fingerprint density at radius 3 is 2.44 bits per heavy atom. The second kappa shape index (κ2) is 10.2. The van der Waals surface area contributed by atoms with Gasteiger partial charge in [0.05, 0.1) is 17.2 Å². The van der Waals surface area contributed by atoms with Crippen molar-refractivity contribution in [3.8, 4) is 0 Å². The van der Waals surface area contributed by atoms with Crippen molar-refractivity contribution < 1.29 is 4.39 Å². The molecular formula is C19H27FIN5S. The number of hydrogen-bond donors (Lipinski definition) is 1. The van der Waals surface area contributed by atoms with E-state index in [2.05, 4.69) is 44.3 Å². The normalized spacial score (nSPS) is 15.1. The second-order valence-corrected chi connectivity index (χ2v) is 7.57. The van der Waals surface area contributed by atoms with Crippen LogP contribution in [0.2, 0.25) is 0 Å². The number of benzene rings is 1. The number of aromatic nitrogens is 1. The van der Waals surface area contributed by atoms with E-state index in [0.29, 0.717) is 12.5 Å². The molecule has 0 amide bonds. The molecule has 1 fully saturated rings. The zero-order valence-corrected chi connectivity index (χ0v) is 19.1. The van der Waals surface area contributed by atoms with Gasteiger partial charge in [0, 0.05) is 50.2 Å². The van der Waals surface area contributed by atoms with E-state index in [9.17, 15) is 4.39 Å². The lowest BCUT2D eigenvalue weighted by Gasteiger charge is -2.37. The van der Waals surface area contributed by atoms with Crippen LogP contribution in [0.25, 0.3) is 0 Å². The summed E-state index contributed by atoms with van der Waals surface area (Å²) in [6, 6.07) is 6.71. The zero-order valence-electron chi connectivity index (χ0n) is 16.0. The van der Waals surface area contributed by atoms with Gasteiger partial charge in [0.25, 0.3) is 0 Å². The number of nitrogens with zero attached hydrogens (tertiary/aromatic N) is 4. The molecule has 0 radical (unpaired) electrons. The molecule has 2 aromatic rings. The first-order valence-corrected chi connectivity index (χ1v) is 9.85. The van der Waals surface area contributed by atoms with Crippen LogP contribution in [0.1, 0.15) is 30.5 Å². The summed E-state index contributed by atoms with van der Waals surface area (Å²) < 4.78 is 13.1.